The van der Waals surface area contributed by atoms with Gasteiger partial charge in [0.2, 0.25) is 0 Å². The number of halogens is 1. The highest BCUT2D eigenvalue weighted by Gasteiger charge is 2.13. The zero-order valence-electron chi connectivity index (χ0n) is 16.1. The van der Waals surface area contributed by atoms with Crippen LogP contribution in [-0.4, -0.2) is 28.8 Å². The highest BCUT2D eigenvalue weighted by Crippen LogP contribution is 2.16. The van der Waals surface area contributed by atoms with Crippen LogP contribution in [0.5, 0.6) is 0 Å². The van der Waals surface area contributed by atoms with Crippen molar-refractivity contribution in [1.82, 2.24) is 20.4 Å². The van der Waals surface area contributed by atoms with Crippen LogP contribution in [0, 0.1) is 0 Å². The van der Waals surface area contributed by atoms with E-state index in [-0.39, 0.29) is 24.0 Å². The predicted molar refractivity (Wildman–Crippen MR) is 114 cm³/mol. The van der Waals surface area contributed by atoms with Crippen molar-refractivity contribution >= 4 is 29.9 Å². The van der Waals surface area contributed by atoms with Gasteiger partial charge in [-0.25, -0.2) is 4.99 Å². The molecule has 0 fully saturated rings. The molecule has 0 unspecified atom stereocenters. The molecule has 140 valence electrons. The van der Waals surface area contributed by atoms with Gasteiger partial charge in [0, 0.05) is 31.4 Å². The van der Waals surface area contributed by atoms with Gasteiger partial charge in [-0.3, -0.25) is 4.68 Å². The lowest BCUT2D eigenvalue weighted by molar-refractivity contribution is 0.647. The van der Waals surface area contributed by atoms with E-state index in [9.17, 15) is 0 Å². The normalized spacial score (nSPS) is 11.3. The van der Waals surface area contributed by atoms with E-state index in [1.54, 1.807) is 0 Å². The van der Waals surface area contributed by atoms with Crippen molar-refractivity contribution in [3.05, 3.63) is 17.0 Å². The standard InChI is InChI=1S/C18H35N5.HI/c1-6-10-11-12-13-20-18(19-9-4)21-14-15-16(7-2)22-23(5)17(15)8-3;/h6-14H2,1-5H3,(H2,19,20,21);1H. The summed E-state index contributed by atoms with van der Waals surface area (Å²) in [7, 11) is 2.03. The summed E-state index contributed by atoms with van der Waals surface area (Å²) in [6.45, 7) is 11.3. The Morgan fingerprint density at radius 3 is 2.38 bits per heavy atom. The first kappa shape index (κ1) is 23.2. The second-order valence-electron chi connectivity index (χ2n) is 5.89. The Morgan fingerprint density at radius 2 is 1.79 bits per heavy atom. The summed E-state index contributed by atoms with van der Waals surface area (Å²) in [5.41, 5.74) is 3.76. The minimum Gasteiger partial charge on any atom is -0.357 e. The van der Waals surface area contributed by atoms with Crippen molar-refractivity contribution in [3.8, 4) is 0 Å². The summed E-state index contributed by atoms with van der Waals surface area (Å²) in [4.78, 5) is 4.77. The number of hydrogen-bond acceptors (Lipinski definition) is 2. The second kappa shape index (κ2) is 13.5. The first-order chi connectivity index (χ1) is 11.2. The van der Waals surface area contributed by atoms with Crippen LogP contribution in [0.25, 0.3) is 0 Å². The Labute approximate surface area is 165 Å². The van der Waals surface area contributed by atoms with Gasteiger partial charge < -0.3 is 10.6 Å². The molecule has 0 atom stereocenters. The first-order valence-electron chi connectivity index (χ1n) is 9.23. The van der Waals surface area contributed by atoms with Gasteiger partial charge in [0.1, 0.15) is 0 Å². The molecule has 0 saturated heterocycles. The molecule has 24 heavy (non-hydrogen) atoms. The van der Waals surface area contributed by atoms with Gasteiger partial charge in [0.05, 0.1) is 12.2 Å². The lowest BCUT2D eigenvalue weighted by Gasteiger charge is -2.11. The average Bonchev–Trinajstić information content (AvgIpc) is 2.87. The van der Waals surface area contributed by atoms with Gasteiger partial charge in [0.25, 0.3) is 0 Å². The number of nitrogens with zero attached hydrogens (tertiary/aromatic N) is 3. The van der Waals surface area contributed by atoms with E-state index < -0.39 is 0 Å². The zero-order valence-corrected chi connectivity index (χ0v) is 18.4. The van der Waals surface area contributed by atoms with E-state index in [4.69, 9.17) is 4.99 Å². The summed E-state index contributed by atoms with van der Waals surface area (Å²) in [5.74, 6) is 0.914. The highest BCUT2D eigenvalue weighted by molar-refractivity contribution is 14.0. The Bertz CT molecular complexity index is 482. The Kier molecular flexibility index (Phi) is 13.1. The summed E-state index contributed by atoms with van der Waals surface area (Å²) in [6.07, 6.45) is 7.02. The maximum absolute atomic E-state index is 4.77. The van der Waals surface area contributed by atoms with Crippen LogP contribution < -0.4 is 10.6 Å². The van der Waals surface area contributed by atoms with E-state index in [0.717, 1.165) is 31.9 Å². The molecule has 0 amide bonds. The molecule has 2 N–H and O–H groups in total. The van der Waals surface area contributed by atoms with Crippen molar-refractivity contribution in [2.75, 3.05) is 13.1 Å². The number of aliphatic imine (C=N–C) groups is 1. The number of aromatic nitrogens is 2. The molecular weight excluding hydrogens is 413 g/mol. The fraction of sp³-hybridized carbons (Fsp3) is 0.778. The van der Waals surface area contributed by atoms with Gasteiger partial charge in [-0.15, -0.1) is 24.0 Å². The van der Waals surface area contributed by atoms with Gasteiger partial charge in [0.15, 0.2) is 5.96 Å². The summed E-state index contributed by atoms with van der Waals surface area (Å²) >= 11 is 0. The van der Waals surface area contributed by atoms with Gasteiger partial charge in [-0.2, -0.15) is 5.10 Å². The monoisotopic (exact) mass is 449 g/mol. The van der Waals surface area contributed by atoms with Crippen molar-refractivity contribution in [1.29, 1.82) is 0 Å². The van der Waals surface area contributed by atoms with Crippen molar-refractivity contribution in [2.24, 2.45) is 12.0 Å². The Hall–Kier alpha value is -0.790. The number of unbranched alkanes of at least 4 members (excludes halogenated alkanes) is 3. The van der Waals surface area contributed by atoms with Crippen LogP contribution in [0.2, 0.25) is 0 Å². The number of hydrogen-bond donors (Lipinski definition) is 2. The number of rotatable bonds is 10. The molecule has 1 heterocycles. The lowest BCUT2D eigenvalue weighted by atomic mass is 10.1. The van der Waals surface area contributed by atoms with Gasteiger partial charge >= 0.3 is 0 Å². The molecule has 0 bridgehead atoms. The molecule has 0 saturated carbocycles. The van der Waals surface area contributed by atoms with Crippen LogP contribution in [0.4, 0.5) is 0 Å². The van der Waals surface area contributed by atoms with Crippen LogP contribution in [0.3, 0.4) is 0 Å². The maximum atomic E-state index is 4.77. The molecule has 0 aliphatic heterocycles. The predicted octanol–water partition coefficient (Wildman–Crippen LogP) is 3.80. The zero-order chi connectivity index (χ0) is 17.1. The third-order valence-electron chi connectivity index (χ3n) is 4.09. The quantitative estimate of drug-likeness (QED) is 0.247. The number of aryl methyl sites for hydroxylation is 2. The molecule has 1 rings (SSSR count). The Balaban J connectivity index is 0.00000529. The van der Waals surface area contributed by atoms with Crippen molar-refractivity contribution < 1.29 is 0 Å². The molecule has 0 radical (unpaired) electrons. The van der Waals surface area contributed by atoms with Crippen molar-refractivity contribution in [2.45, 2.75) is 72.8 Å². The summed E-state index contributed by atoms with van der Waals surface area (Å²) in [5, 5.41) is 11.4. The molecule has 5 nitrogen and oxygen atoms in total. The number of guanidine groups is 1. The van der Waals surface area contributed by atoms with Crippen LogP contribution >= 0.6 is 24.0 Å². The third-order valence-corrected chi connectivity index (χ3v) is 4.09. The second-order valence-corrected chi connectivity index (χ2v) is 5.89. The SMILES string of the molecule is CCCCCCNC(=NCc1c(CC)nn(C)c1CC)NCC.I. The first-order valence-corrected chi connectivity index (χ1v) is 9.23. The lowest BCUT2D eigenvalue weighted by Crippen LogP contribution is -2.37. The van der Waals surface area contributed by atoms with E-state index in [1.807, 2.05) is 11.7 Å². The minimum absolute atomic E-state index is 0. The van der Waals surface area contributed by atoms with Crippen LogP contribution in [-0.2, 0) is 26.4 Å². The summed E-state index contributed by atoms with van der Waals surface area (Å²) < 4.78 is 2.01. The molecule has 0 aliphatic carbocycles. The fourth-order valence-electron chi connectivity index (χ4n) is 2.83. The topological polar surface area (TPSA) is 54.2 Å². The molecular formula is C18H36IN5. The van der Waals surface area contributed by atoms with Crippen LogP contribution in [0.1, 0.15) is 70.3 Å². The van der Waals surface area contributed by atoms with Gasteiger partial charge in [-0.1, -0.05) is 40.0 Å². The minimum atomic E-state index is 0. The van der Waals surface area contributed by atoms with E-state index in [0.29, 0.717) is 6.54 Å². The third kappa shape index (κ3) is 7.40. The summed E-state index contributed by atoms with van der Waals surface area (Å²) in [6, 6.07) is 0. The highest BCUT2D eigenvalue weighted by atomic mass is 127. The van der Waals surface area contributed by atoms with Crippen molar-refractivity contribution in [3.63, 3.8) is 0 Å². The largest absolute Gasteiger partial charge is 0.357 e. The fourth-order valence-corrected chi connectivity index (χ4v) is 2.83. The van der Waals surface area contributed by atoms with E-state index in [1.165, 1.54) is 42.6 Å². The molecule has 1 aromatic rings. The molecule has 0 spiro atoms. The maximum Gasteiger partial charge on any atom is 0.191 e. The molecule has 0 aromatic carbocycles. The molecule has 0 aliphatic rings. The molecule has 6 heteroatoms. The molecule has 1 aromatic heterocycles. The Morgan fingerprint density at radius 1 is 1.04 bits per heavy atom. The van der Waals surface area contributed by atoms with E-state index in [2.05, 4.69) is 43.4 Å². The van der Waals surface area contributed by atoms with Crippen LogP contribution in [0.15, 0.2) is 4.99 Å². The van der Waals surface area contributed by atoms with E-state index >= 15 is 0 Å². The van der Waals surface area contributed by atoms with Gasteiger partial charge in [-0.05, 0) is 26.2 Å². The smallest absolute Gasteiger partial charge is 0.191 e. The average molecular weight is 449 g/mol. The number of nitrogens with one attached hydrogen (secondary N) is 2.